The van der Waals surface area contributed by atoms with Crippen LogP contribution in [-0.4, -0.2) is 0 Å². The van der Waals surface area contributed by atoms with Crippen LogP contribution < -0.4 is 0 Å². The summed E-state index contributed by atoms with van der Waals surface area (Å²) < 4.78 is 0. The maximum Gasteiger partial charge on any atom is 0 e. The Labute approximate surface area is 138 Å². The number of rotatable bonds is 15. The van der Waals surface area contributed by atoms with Crippen LogP contribution in [-0.2, 0) is 21.7 Å². The average Bonchev–Trinajstić information content (AvgIpc) is 2.39. The Balaban J connectivity index is 0. The first-order chi connectivity index (χ1) is 8.91. The molecule has 0 aromatic heterocycles. The molecule has 0 heterocycles. The summed E-state index contributed by atoms with van der Waals surface area (Å²) >= 11 is 0. The first-order valence-corrected chi connectivity index (χ1v) is 8.91. The van der Waals surface area contributed by atoms with Gasteiger partial charge in [0.1, 0.15) is 0 Å². The molecule has 0 saturated heterocycles. The van der Waals surface area contributed by atoms with Crippen molar-refractivity contribution < 1.29 is 21.7 Å². The van der Waals surface area contributed by atoms with Crippen molar-refractivity contribution in [3.8, 4) is 0 Å². The van der Waals surface area contributed by atoms with E-state index in [4.69, 9.17) is 0 Å². The molecule has 0 aromatic rings. The molecule has 19 heavy (non-hydrogen) atoms. The molecule has 0 unspecified atom stereocenters. The number of hydrogen-bond donors (Lipinski definition) is 0. The Kier molecular flexibility index (Phi) is 24.3. The van der Waals surface area contributed by atoms with Crippen molar-refractivity contribution in [1.29, 1.82) is 0 Å². The largest absolute Gasteiger partial charge is 0.0654 e. The van der Waals surface area contributed by atoms with Crippen LogP contribution in [0.3, 0.4) is 0 Å². The maximum absolute atomic E-state index is 2.29. The summed E-state index contributed by atoms with van der Waals surface area (Å²) in [5.74, 6) is 0. The van der Waals surface area contributed by atoms with Crippen LogP contribution in [0, 0.1) is 0 Å². The van der Waals surface area contributed by atoms with Crippen LogP contribution in [0.5, 0.6) is 0 Å². The van der Waals surface area contributed by atoms with E-state index in [0.717, 1.165) is 0 Å². The van der Waals surface area contributed by atoms with Crippen LogP contribution >= 0.6 is 0 Å². The average molecular weight is 302 g/mol. The molecule has 0 bridgehead atoms. The zero-order chi connectivity index (χ0) is 13.3. The molecule has 114 valence electrons. The predicted octanol–water partition coefficient (Wildman–Crippen LogP) is 7.27. The van der Waals surface area contributed by atoms with Crippen LogP contribution in [0.1, 0.15) is 117 Å². The summed E-state index contributed by atoms with van der Waals surface area (Å²) in [4.78, 5) is 0. The first kappa shape index (κ1) is 22.0. The quantitative estimate of drug-likeness (QED) is 0.220. The standard InChI is InChI=1S/C18H38.Ti/c1-3-5-7-9-11-13-15-17-18-16-14-12-10-8-6-4-2;/h3-18H2,1-2H3;. The van der Waals surface area contributed by atoms with E-state index in [2.05, 4.69) is 13.8 Å². The third-order valence-corrected chi connectivity index (χ3v) is 3.96. The normalized spacial score (nSPS) is 10.4. The fourth-order valence-electron chi connectivity index (χ4n) is 2.62. The zero-order valence-electron chi connectivity index (χ0n) is 13.8. The van der Waals surface area contributed by atoms with E-state index < -0.39 is 0 Å². The number of unbranched alkanes of at least 4 members (excludes halogenated alkanes) is 15. The van der Waals surface area contributed by atoms with E-state index in [1.807, 2.05) is 0 Å². The van der Waals surface area contributed by atoms with Gasteiger partial charge in [0, 0.05) is 21.7 Å². The molecule has 0 atom stereocenters. The van der Waals surface area contributed by atoms with Gasteiger partial charge in [-0.25, -0.2) is 0 Å². The molecule has 1 heteroatoms. The fraction of sp³-hybridized carbons (Fsp3) is 1.00. The molecular weight excluding hydrogens is 264 g/mol. The monoisotopic (exact) mass is 302 g/mol. The summed E-state index contributed by atoms with van der Waals surface area (Å²) in [6.07, 6.45) is 23.4. The predicted molar refractivity (Wildman–Crippen MR) is 85.2 cm³/mol. The van der Waals surface area contributed by atoms with E-state index in [0.29, 0.717) is 0 Å². The minimum absolute atomic E-state index is 0. The summed E-state index contributed by atoms with van der Waals surface area (Å²) in [6.45, 7) is 4.59. The fourth-order valence-corrected chi connectivity index (χ4v) is 2.62. The number of hydrogen-bond acceptors (Lipinski definition) is 0. The van der Waals surface area contributed by atoms with Crippen molar-refractivity contribution in [2.45, 2.75) is 117 Å². The topological polar surface area (TPSA) is 0 Å². The molecule has 0 aromatic carbocycles. The van der Waals surface area contributed by atoms with Gasteiger partial charge in [0.05, 0.1) is 0 Å². The Morgan fingerprint density at radius 2 is 0.474 bits per heavy atom. The summed E-state index contributed by atoms with van der Waals surface area (Å²) in [5, 5.41) is 0. The van der Waals surface area contributed by atoms with Crippen LogP contribution in [0.4, 0.5) is 0 Å². The molecular formula is C18H38Ti. The molecule has 0 aliphatic heterocycles. The van der Waals surface area contributed by atoms with Gasteiger partial charge >= 0.3 is 0 Å². The first-order valence-electron chi connectivity index (χ1n) is 8.91. The van der Waals surface area contributed by atoms with Crippen molar-refractivity contribution in [2.75, 3.05) is 0 Å². The molecule has 0 aliphatic rings. The minimum Gasteiger partial charge on any atom is -0.0654 e. The Morgan fingerprint density at radius 3 is 0.632 bits per heavy atom. The third kappa shape index (κ3) is 21.2. The molecule has 0 amide bonds. The van der Waals surface area contributed by atoms with Crippen molar-refractivity contribution in [2.24, 2.45) is 0 Å². The molecule has 0 saturated carbocycles. The van der Waals surface area contributed by atoms with Crippen molar-refractivity contribution in [3.05, 3.63) is 0 Å². The second-order valence-corrected chi connectivity index (χ2v) is 5.95. The molecule has 0 radical (unpaired) electrons. The van der Waals surface area contributed by atoms with E-state index in [9.17, 15) is 0 Å². The van der Waals surface area contributed by atoms with E-state index in [-0.39, 0.29) is 21.7 Å². The van der Waals surface area contributed by atoms with Gasteiger partial charge in [0.2, 0.25) is 0 Å². The van der Waals surface area contributed by atoms with E-state index in [1.54, 1.807) is 0 Å². The van der Waals surface area contributed by atoms with Crippen LogP contribution in [0.2, 0.25) is 0 Å². The van der Waals surface area contributed by atoms with Gasteiger partial charge in [-0.2, -0.15) is 0 Å². The Morgan fingerprint density at radius 1 is 0.316 bits per heavy atom. The minimum atomic E-state index is 0. The molecule has 0 fully saturated rings. The molecule has 0 aliphatic carbocycles. The SMILES string of the molecule is CCCCCCCCCCCCCCCCCC.[Ti]. The molecule has 0 spiro atoms. The van der Waals surface area contributed by atoms with Crippen LogP contribution in [0.25, 0.3) is 0 Å². The smallest absolute Gasteiger partial charge is 0 e. The summed E-state index contributed by atoms with van der Waals surface area (Å²) in [7, 11) is 0. The zero-order valence-corrected chi connectivity index (χ0v) is 15.4. The van der Waals surface area contributed by atoms with Gasteiger partial charge in [-0.15, -0.1) is 0 Å². The third-order valence-electron chi connectivity index (χ3n) is 3.96. The molecule has 0 nitrogen and oxygen atoms in total. The maximum atomic E-state index is 2.29. The molecule has 0 N–H and O–H groups in total. The second-order valence-electron chi connectivity index (χ2n) is 5.95. The van der Waals surface area contributed by atoms with Crippen molar-refractivity contribution >= 4 is 0 Å². The summed E-state index contributed by atoms with van der Waals surface area (Å²) in [6, 6.07) is 0. The van der Waals surface area contributed by atoms with Gasteiger partial charge in [-0.05, 0) is 0 Å². The van der Waals surface area contributed by atoms with E-state index in [1.165, 1.54) is 103 Å². The van der Waals surface area contributed by atoms with Gasteiger partial charge in [0.25, 0.3) is 0 Å². The second kappa shape index (κ2) is 21.0. The van der Waals surface area contributed by atoms with Gasteiger partial charge in [0.15, 0.2) is 0 Å². The Bertz CT molecular complexity index is 118. The van der Waals surface area contributed by atoms with E-state index >= 15 is 0 Å². The molecule has 0 rings (SSSR count). The van der Waals surface area contributed by atoms with Gasteiger partial charge in [-0.1, -0.05) is 117 Å². The van der Waals surface area contributed by atoms with Gasteiger partial charge in [-0.3, -0.25) is 0 Å². The van der Waals surface area contributed by atoms with Gasteiger partial charge < -0.3 is 0 Å². The van der Waals surface area contributed by atoms with Crippen LogP contribution in [0.15, 0.2) is 0 Å². The van der Waals surface area contributed by atoms with Crippen molar-refractivity contribution in [1.82, 2.24) is 0 Å². The van der Waals surface area contributed by atoms with Crippen molar-refractivity contribution in [3.63, 3.8) is 0 Å². The summed E-state index contributed by atoms with van der Waals surface area (Å²) in [5.41, 5.74) is 0. The Hall–Kier alpha value is 0.714.